The summed E-state index contributed by atoms with van der Waals surface area (Å²) in [5.41, 5.74) is 2.22. The monoisotopic (exact) mass is 365 g/mol. The summed E-state index contributed by atoms with van der Waals surface area (Å²) in [4.78, 5) is 2.67. The minimum atomic E-state index is -3.15. The first-order valence-electron chi connectivity index (χ1n) is 7.80. The first kappa shape index (κ1) is 17.4. The van der Waals surface area contributed by atoms with Gasteiger partial charge in [0, 0.05) is 30.9 Å². The van der Waals surface area contributed by atoms with Crippen molar-refractivity contribution < 1.29 is 13.2 Å². The molecule has 0 saturated carbocycles. The lowest BCUT2D eigenvalue weighted by molar-refractivity contribution is -0.0329. The van der Waals surface area contributed by atoms with Gasteiger partial charge in [-0.05, 0) is 35.4 Å². The molecule has 1 heterocycles. The van der Waals surface area contributed by atoms with E-state index in [2.05, 4.69) is 4.90 Å². The molecule has 1 fully saturated rings. The Morgan fingerprint density at radius 2 is 1.79 bits per heavy atom. The lowest BCUT2D eigenvalue weighted by atomic mass is 10.1. The number of nitrogens with zero attached hydrogens (tertiary/aromatic N) is 1. The van der Waals surface area contributed by atoms with E-state index in [1.165, 1.54) is 6.26 Å². The molecule has 1 aliphatic heterocycles. The summed E-state index contributed by atoms with van der Waals surface area (Å²) in [5, 5.41) is 0.720. The maximum atomic E-state index is 11.5. The van der Waals surface area contributed by atoms with E-state index in [1.807, 2.05) is 36.4 Å². The molecule has 1 atom stereocenters. The number of hydrogen-bond acceptors (Lipinski definition) is 4. The van der Waals surface area contributed by atoms with Crippen LogP contribution in [0.25, 0.3) is 0 Å². The van der Waals surface area contributed by atoms with Gasteiger partial charge in [-0.25, -0.2) is 8.42 Å². The van der Waals surface area contributed by atoms with Crippen LogP contribution in [-0.2, 0) is 21.1 Å². The van der Waals surface area contributed by atoms with E-state index in [0.717, 1.165) is 35.8 Å². The molecule has 1 saturated heterocycles. The first-order valence-corrected chi connectivity index (χ1v) is 10.1. The Hall–Kier alpha value is -1.40. The molecule has 2 aromatic rings. The highest BCUT2D eigenvalue weighted by Crippen LogP contribution is 2.24. The van der Waals surface area contributed by atoms with E-state index < -0.39 is 9.84 Å². The fourth-order valence-electron chi connectivity index (χ4n) is 2.83. The zero-order valence-electron chi connectivity index (χ0n) is 13.5. The van der Waals surface area contributed by atoms with Crippen molar-refractivity contribution in [3.05, 3.63) is 64.7 Å². The standard InChI is InChI=1S/C18H20ClNO3S/c1-24(21,22)17-8-2-14(3-9-17)12-20-10-11-23-18(13-20)15-4-6-16(19)7-5-15/h2-9,18H,10-13H2,1H3/t18-/m0/s1. The number of ether oxygens (including phenoxy) is 1. The van der Waals surface area contributed by atoms with Gasteiger partial charge in [0.05, 0.1) is 17.6 Å². The molecule has 4 nitrogen and oxygen atoms in total. The van der Waals surface area contributed by atoms with Crippen LogP contribution in [0.2, 0.25) is 5.02 Å². The van der Waals surface area contributed by atoms with E-state index in [-0.39, 0.29) is 6.10 Å². The van der Waals surface area contributed by atoms with Gasteiger partial charge in [0.25, 0.3) is 0 Å². The molecular formula is C18H20ClNO3S. The van der Waals surface area contributed by atoms with E-state index in [1.54, 1.807) is 12.1 Å². The second-order valence-corrected chi connectivity index (χ2v) is 8.51. The van der Waals surface area contributed by atoms with Crippen LogP contribution in [0.5, 0.6) is 0 Å². The van der Waals surface area contributed by atoms with E-state index in [4.69, 9.17) is 16.3 Å². The summed E-state index contributed by atoms with van der Waals surface area (Å²) in [5.74, 6) is 0. The van der Waals surface area contributed by atoms with Crippen molar-refractivity contribution in [3.8, 4) is 0 Å². The molecule has 6 heteroatoms. The largest absolute Gasteiger partial charge is 0.371 e. The maximum absolute atomic E-state index is 11.5. The first-order chi connectivity index (χ1) is 11.4. The minimum Gasteiger partial charge on any atom is -0.371 e. The molecule has 0 amide bonds. The molecular weight excluding hydrogens is 346 g/mol. The summed E-state index contributed by atoms with van der Waals surface area (Å²) in [7, 11) is -3.15. The molecule has 0 radical (unpaired) electrons. The molecule has 1 aliphatic rings. The van der Waals surface area contributed by atoms with Crippen LogP contribution >= 0.6 is 11.6 Å². The normalized spacial score (nSPS) is 19.3. The topological polar surface area (TPSA) is 46.6 Å². The SMILES string of the molecule is CS(=O)(=O)c1ccc(CN2CCO[C@H](c3ccc(Cl)cc3)C2)cc1. The Balaban J connectivity index is 1.66. The summed E-state index contributed by atoms with van der Waals surface area (Å²) in [6, 6.07) is 14.8. The van der Waals surface area contributed by atoms with E-state index in [0.29, 0.717) is 11.5 Å². The van der Waals surface area contributed by atoms with Crippen LogP contribution < -0.4 is 0 Å². The van der Waals surface area contributed by atoms with E-state index in [9.17, 15) is 8.42 Å². The summed E-state index contributed by atoms with van der Waals surface area (Å²) < 4.78 is 28.9. The third kappa shape index (κ3) is 4.36. The maximum Gasteiger partial charge on any atom is 0.175 e. The third-order valence-electron chi connectivity index (χ3n) is 4.15. The van der Waals surface area contributed by atoms with Crippen molar-refractivity contribution in [1.82, 2.24) is 4.90 Å². The van der Waals surface area contributed by atoms with Crippen molar-refractivity contribution in [2.45, 2.75) is 17.5 Å². The number of rotatable bonds is 4. The van der Waals surface area contributed by atoms with Crippen LogP contribution in [0.4, 0.5) is 0 Å². The van der Waals surface area contributed by atoms with Gasteiger partial charge in [0.15, 0.2) is 9.84 Å². The Kier molecular flexibility index (Phi) is 5.25. The average molecular weight is 366 g/mol. The van der Waals surface area contributed by atoms with Crippen LogP contribution in [0, 0.1) is 0 Å². The Morgan fingerprint density at radius 1 is 1.12 bits per heavy atom. The second kappa shape index (κ2) is 7.23. The van der Waals surface area contributed by atoms with Gasteiger partial charge >= 0.3 is 0 Å². The number of sulfone groups is 1. The highest BCUT2D eigenvalue weighted by molar-refractivity contribution is 7.90. The molecule has 2 aromatic carbocycles. The third-order valence-corrected chi connectivity index (χ3v) is 5.53. The van der Waals surface area contributed by atoms with Gasteiger partial charge in [0.2, 0.25) is 0 Å². The van der Waals surface area contributed by atoms with Gasteiger partial charge in [-0.3, -0.25) is 4.90 Å². The molecule has 0 unspecified atom stereocenters. The molecule has 0 aromatic heterocycles. The Labute approximate surface area is 147 Å². The molecule has 0 bridgehead atoms. The number of benzene rings is 2. The smallest absolute Gasteiger partial charge is 0.175 e. The molecule has 0 aliphatic carbocycles. The van der Waals surface area contributed by atoms with Crippen molar-refractivity contribution in [3.63, 3.8) is 0 Å². The zero-order chi connectivity index (χ0) is 17.2. The van der Waals surface area contributed by atoms with Gasteiger partial charge in [0.1, 0.15) is 0 Å². The fraction of sp³-hybridized carbons (Fsp3) is 0.333. The van der Waals surface area contributed by atoms with Gasteiger partial charge in [-0.1, -0.05) is 35.9 Å². The predicted molar refractivity (Wildman–Crippen MR) is 95.0 cm³/mol. The molecule has 24 heavy (non-hydrogen) atoms. The van der Waals surface area contributed by atoms with Gasteiger partial charge in [-0.2, -0.15) is 0 Å². The molecule has 0 spiro atoms. The Bertz CT molecular complexity index is 788. The lowest BCUT2D eigenvalue weighted by Gasteiger charge is -2.33. The minimum absolute atomic E-state index is 0.0336. The van der Waals surface area contributed by atoms with Crippen LogP contribution in [0.15, 0.2) is 53.4 Å². The lowest BCUT2D eigenvalue weighted by Crippen LogP contribution is -2.37. The average Bonchev–Trinajstić information content (AvgIpc) is 2.55. The fourth-order valence-corrected chi connectivity index (χ4v) is 3.58. The quantitative estimate of drug-likeness (QED) is 0.833. The van der Waals surface area contributed by atoms with Crippen LogP contribution in [0.3, 0.4) is 0 Å². The summed E-state index contributed by atoms with van der Waals surface area (Å²) in [6.07, 6.45) is 1.26. The van der Waals surface area contributed by atoms with Gasteiger partial charge in [-0.15, -0.1) is 0 Å². The van der Waals surface area contributed by atoms with Crippen molar-refractivity contribution in [1.29, 1.82) is 0 Å². The number of hydrogen-bond donors (Lipinski definition) is 0. The summed E-state index contributed by atoms with van der Waals surface area (Å²) >= 11 is 5.94. The van der Waals surface area contributed by atoms with Crippen molar-refractivity contribution in [2.24, 2.45) is 0 Å². The zero-order valence-corrected chi connectivity index (χ0v) is 15.1. The predicted octanol–water partition coefficient (Wildman–Crippen LogP) is 3.32. The number of halogens is 1. The van der Waals surface area contributed by atoms with Crippen LogP contribution in [0.1, 0.15) is 17.2 Å². The highest BCUT2D eigenvalue weighted by Gasteiger charge is 2.22. The van der Waals surface area contributed by atoms with E-state index >= 15 is 0 Å². The highest BCUT2D eigenvalue weighted by atomic mass is 35.5. The molecule has 128 valence electrons. The van der Waals surface area contributed by atoms with Crippen LogP contribution in [-0.4, -0.2) is 39.3 Å². The van der Waals surface area contributed by atoms with Crippen molar-refractivity contribution >= 4 is 21.4 Å². The van der Waals surface area contributed by atoms with Gasteiger partial charge < -0.3 is 4.74 Å². The molecule has 0 N–H and O–H groups in total. The molecule has 3 rings (SSSR count). The Morgan fingerprint density at radius 3 is 2.42 bits per heavy atom. The number of morpholine rings is 1. The second-order valence-electron chi connectivity index (χ2n) is 6.06. The summed E-state index contributed by atoms with van der Waals surface area (Å²) in [6.45, 7) is 3.11. The van der Waals surface area contributed by atoms with Crippen molar-refractivity contribution in [2.75, 3.05) is 26.0 Å².